The molecule has 0 unspecified atom stereocenters. The Bertz CT molecular complexity index is 477. The second kappa shape index (κ2) is 3.80. The van der Waals surface area contributed by atoms with Crippen LogP contribution in [0, 0.1) is 28.6 Å². The summed E-state index contributed by atoms with van der Waals surface area (Å²) in [6.45, 7) is 8.04. The molecule has 3 heteroatoms. The van der Waals surface area contributed by atoms with E-state index in [2.05, 4.69) is 24.9 Å². The molecule has 0 aromatic rings. The van der Waals surface area contributed by atoms with Gasteiger partial charge in [0.05, 0.1) is 23.3 Å². The number of ketones is 1. The normalized spacial score (nSPS) is 31.7. The van der Waals surface area contributed by atoms with Crippen LogP contribution in [-0.2, 0) is 4.79 Å². The molecule has 2 rings (SSSR count). The molecule has 2 atom stereocenters. The van der Waals surface area contributed by atoms with Crippen molar-refractivity contribution < 1.29 is 4.79 Å². The average molecular weight is 230 g/mol. The summed E-state index contributed by atoms with van der Waals surface area (Å²) in [4.78, 5) is 16.7. The van der Waals surface area contributed by atoms with Crippen LogP contribution in [0.5, 0.6) is 0 Å². The van der Waals surface area contributed by atoms with Gasteiger partial charge in [-0.05, 0) is 18.8 Å². The predicted octanol–water partition coefficient (Wildman–Crippen LogP) is 2.88. The summed E-state index contributed by atoms with van der Waals surface area (Å²) >= 11 is 0. The molecule has 1 aliphatic carbocycles. The topological polar surface area (TPSA) is 53.2 Å². The van der Waals surface area contributed by atoms with E-state index in [-0.39, 0.29) is 23.0 Å². The molecule has 0 spiro atoms. The molecule has 0 saturated heterocycles. The van der Waals surface area contributed by atoms with Crippen molar-refractivity contribution in [3.63, 3.8) is 0 Å². The predicted molar refractivity (Wildman–Crippen MR) is 66.4 cm³/mol. The van der Waals surface area contributed by atoms with E-state index in [0.29, 0.717) is 12.0 Å². The van der Waals surface area contributed by atoms with Crippen molar-refractivity contribution in [2.24, 2.45) is 22.2 Å². The van der Waals surface area contributed by atoms with Crippen LogP contribution in [0.15, 0.2) is 16.3 Å². The fourth-order valence-electron chi connectivity index (χ4n) is 3.06. The van der Waals surface area contributed by atoms with E-state index in [1.54, 1.807) is 0 Å². The van der Waals surface area contributed by atoms with Crippen LogP contribution in [0.3, 0.4) is 0 Å². The Morgan fingerprint density at radius 2 is 2.06 bits per heavy atom. The highest BCUT2D eigenvalue weighted by atomic mass is 16.1. The lowest BCUT2D eigenvalue weighted by atomic mass is 9.65. The number of allylic oxidation sites excluding steroid dienone is 2. The third-order valence-corrected chi connectivity index (χ3v) is 3.80. The largest absolute Gasteiger partial charge is 0.299 e. The molecule has 1 aliphatic heterocycles. The molecule has 0 amide bonds. The van der Waals surface area contributed by atoms with E-state index in [1.165, 1.54) is 0 Å². The highest BCUT2D eigenvalue weighted by Crippen LogP contribution is 2.41. The van der Waals surface area contributed by atoms with Gasteiger partial charge < -0.3 is 0 Å². The molecule has 1 fully saturated rings. The molecular formula is C14H18N2O. The maximum Gasteiger partial charge on any atom is 0.142 e. The van der Waals surface area contributed by atoms with Gasteiger partial charge in [-0.1, -0.05) is 20.8 Å². The van der Waals surface area contributed by atoms with Crippen molar-refractivity contribution in [1.82, 2.24) is 0 Å². The molecule has 0 aromatic heterocycles. The van der Waals surface area contributed by atoms with Gasteiger partial charge in [0.15, 0.2) is 0 Å². The molecule has 1 saturated carbocycles. The van der Waals surface area contributed by atoms with Gasteiger partial charge in [-0.2, -0.15) is 5.26 Å². The Morgan fingerprint density at radius 3 is 2.65 bits per heavy atom. The molecule has 2 aliphatic rings. The van der Waals surface area contributed by atoms with Gasteiger partial charge in [0.25, 0.3) is 0 Å². The number of nitriles is 1. The molecule has 1 heterocycles. The number of hydrogen-bond acceptors (Lipinski definition) is 3. The minimum atomic E-state index is -0.152. The van der Waals surface area contributed by atoms with Gasteiger partial charge >= 0.3 is 0 Å². The smallest absolute Gasteiger partial charge is 0.142 e. The van der Waals surface area contributed by atoms with Gasteiger partial charge in [-0.25, -0.2) is 0 Å². The summed E-state index contributed by atoms with van der Waals surface area (Å²) in [5.41, 5.74) is 2.45. The van der Waals surface area contributed by atoms with Crippen LogP contribution in [-0.4, -0.2) is 11.5 Å². The Balaban J connectivity index is 2.47. The number of carbonyl (C=O) groups is 1. The van der Waals surface area contributed by atoms with Gasteiger partial charge in [-0.15, -0.1) is 0 Å². The van der Waals surface area contributed by atoms with E-state index in [0.717, 1.165) is 17.8 Å². The molecule has 3 nitrogen and oxygen atoms in total. The first-order chi connectivity index (χ1) is 7.85. The lowest BCUT2D eigenvalue weighted by Gasteiger charge is -2.39. The Morgan fingerprint density at radius 1 is 1.41 bits per heavy atom. The van der Waals surface area contributed by atoms with E-state index < -0.39 is 0 Å². The quantitative estimate of drug-likeness (QED) is 0.642. The molecule has 0 aromatic carbocycles. The molecule has 17 heavy (non-hydrogen) atoms. The van der Waals surface area contributed by atoms with Crippen LogP contribution >= 0.6 is 0 Å². The van der Waals surface area contributed by atoms with Crippen molar-refractivity contribution in [2.45, 2.75) is 40.5 Å². The second-order valence-corrected chi connectivity index (χ2v) is 5.96. The van der Waals surface area contributed by atoms with E-state index in [4.69, 9.17) is 5.26 Å². The fraction of sp³-hybridized carbons (Fsp3) is 0.643. The first-order valence-corrected chi connectivity index (χ1v) is 6.07. The standard InChI is InChI=1S/C14H18N2O/c1-8-10(7-15)9(2)16-11-5-14(3,4)6-12(17)13(8)11/h8,13H,5-6H2,1-4H3/t8-,13-/m0/s1. The lowest BCUT2D eigenvalue weighted by molar-refractivity contribution is -0.124. The zero-order valence-electron chi connectivity index (χ0n) is 10.9. The number of fused-ring (bicyclic) bond motifs is 1. The molecule has 0 N–H and O–H groups in total. The third kappa shape index (κ3) is 1.93. The SMILES string of the molecule is CC1=C(C#N)[C@H](C)[C@@H]2C(=O)CC(C)(C)CC2=N1. The van der Waals surface area contributed by atoms with Crippen LogP contribution < -0.4 is 0 Å². The molecule has 90 valence electrons. The van der Waals surface area contributed by atoms with Gasteiger partial charge in [-0.3, -0.25) is 9.79 Å². The first-order valence-electron chi connectivity index (χ1n) is 6.07. The van der Waals surface area contributed by atoms with E-state index in [9.17, 15) is 4.79 Å². The summed E-state index contributed by atoms with van der Waals surface area (Å²) in [5, 5.41) is 9.12. The minimum absolute atomic E-state index is 0.00361. The maximum absolute atomic E-state index is 12.2. The average Bonchev–Trinajstić information content (AvgIpc) is 2.14. The number of carbonyl (C=O) groups excluding carboxylic acids is 1. The Labute approximate surface area is 102 Å². The van der Waals surface area contributed by atoms with Crippen LogP contribution in [0.1, 0.15) is 40.5 Å². The zero-order chi connectivity index (χ0) is 12.8. The monoisotopic (exact) mass is 230 g/mol. The number of Topliss-reactive ketones (excluding diaryl/α,β-unsaturated/α-hetero) is 1. The zero-order valence-corrected chi connectivity index (χ0v) is 10.9. The maximum atomic E-state index is 12.2. The first kappa shape index (κ1) is 12.0. The summed E-state index contributed by atoms with van der Waals surface area (Å²) < 4.78 is 0. The number of nitrogens with zero attached hydrogens (tertiary/aromatic N) is 2. The Kier molecular flexibility index (Phi) is 2.69. The van der Waals surface area contributed by atoms with Gasteiger partial charge in [0, 0.05) is 18.1 Å². The van der Waals surface area contributed by atoms with Gasteiger partial charge in [0.2, 0.25) is 0 Å². The fourth-order valence-corrected chi connectivity index (χ4v) is 3.06. The van der Waals surface area contributed by atoms with Crippen LogP contribution in [0.25, 0.3) is 0 Å². The summed E-state index contributed by atoms with van der Waals surface area (Å²) in [6.07, 6.45) is 1.46. The molecular weight excluding hydrogens is 212 g/mol. The van der Waals surface area contributed by atoms with Crippen molar-refractivity contribution >= 4 is 11.5 Å². The highest BCUT2D eigenvalue weighted by molar-refractivity contribution is 6.09. The third-order valence-electron chi connectivity index (χ3n) is 3.80. The Hall–Kier alpha value is -1.43. The van der Waals surface area contributed by atoms with E-state index in [1.807, 2.05) is 13.8 Å². The number of hydrogen-bond donors (Lipinski definition) is 0. The lowest BCUT2D eigenvalue weighted by Crippen LogP contribution is -2.42. The van der Waals surface area contributed by atoms with E-state index >= 15 is 0 Å². The second-order valence-electron chi connectivity index (χ2n) is 5.96. The van der Waals surface area contributed by atoms with Crippen molar-refractivity contribution in [3.05, 3.63) is 11.3 Å². The number of rotatable bonds is 0. The minimum Gasteiger partial charge on any atom is -0.299 e. The van der Waals surface area contributed by atoms with Crippen LogP contribution in [0.4, 0.5) is 0 Å². The van der Waals surface area contributed by atoms with Crippen molar-refractivity contribution in [1.29, 1.82) is 5.26 Å². The molecule has 0 bridgehead atoms. The van der Waals surface area contributed by atoms with Crippen molar-refractivity contribution in [2.75, 3.05) is 0 Å². The summed E-state index contributed by atoms with van der Waals surface area (Å²) in [5.74, 6) is 0.0882. The highest BCUT2D eigenvalue weighted by Gasteiger charge is 2.43. The number of aliphatic imine (C=N–C) groups is 1. The molecule has 0 radical (unpaired) electrons. The van der Waals surface area contributed by atoms with Crippen molar-refractivity contribution in [3.8, 4) is 6.07 Å². The summed E-state index contributed by atoms with van der Waals surface area (Å²) in [7, 11) is 0. The van der Waals surface area contributed by atoms with Crippen LogP contribution in [0.2, 0.25) is 0 Å². The van der Waals surface area contributed by atoms with Gasteiger partial charge in [0.1, 0.15) is 5.78 Å². The summed E-state index contributed by atoms with van der Waals surface area (Å²) in [6, 6.07) is 2.20.